The largest absolute Gasteiger partial charge is 0.377 e. The van der Waals surface area contributed by atoms with Crippen LogP contribution in [0.15, 0.2) is 24.5 Å². The first-order valence-corrected chi connectivity index (χ1v) is 8.66. The topological polar surface area (TPSA) is 83.9 Å². The minimum Gasteiger partial charge on any atom is -0.377 e. The van der Waals surface area contributed by atoms with E-state index >= 15 is 0 Å². The molecule has 25 heavy (non-hydrogen) atoms. The molecule has 1 aromatic heterocycles. The summed E-state index contributed by atoms with van der Waals surface area (Å²) in [5.74, 6) is -0.209. The predicted octanol–water partition coefficient (Wildman–Crippen LogP) is -0.546. The monoisotopic (exact) mass is 348 g/mol. The highest BCUT2D eigenvalue weighted by atomic mass is 16.5. The van der Waals surface area contributed by atoms with Crippen LogP contribution in [0.4, 0.5) is 0 Å². The van der Waals surface area contributed by atoms with Crippen molar-refractivity contribution in [3.8, 4) is 0 Å². The van der Waals surface area contributed by atoms with E-state index in [2.05, 4.69) is 5.32 Å². The molecule has 3 rings (SSSR count). The molecule has 0 saturated carbocycles. The molecule has 8 heteroatoms. The van der Waals surface area contributed by atoms with Crippen molar-refractivity contribution < 1.29 is 19.1 Å². The first-order valence-electron chi connectivity index (χ1n) is 8.66. The number of carbonyl (C=O) groups is 3. The third kappa shape index (κ3) is 4.60. The fourth-order valence-corrected chi connectivity index (χ4v) is 3.22. The Morgan fingerprint density at radius 2 is 2.00 bits per heavy atom. The Labute approximate surface area is 146 Å². The van der Waals surface area contributed by atoms with Gasteiger partial charge >= 0.3 is 0 Å². The summed E-state index contributed by atoms with van der Waals surface area (Å²) in [6.45, 7) is 3.06. The number of nitrogens with zero attached hydrogens (tertiary/aromatic N) is 3. The third-order valence-corrected chi connectivity index (χ3v) is 4.60. The maximum Gasteiger partial charge on any atom is 0.239 e. The number of amides is 3. The summed E-state index contributed by atoms with van der Waals surface area (Å²) in [6.07, 6.45) is 4.44. The molecule has 2 aliphatic heterocycles. The smallest absolute Gasteiger partial charge is 0.239 e. The molecule has 0 radical (unpaired) electrons. The highest BCUT2D eigenvalue weighted by molar-refractivity contribution is 5.86. The molecule has 2 saturated heterocycles. The normalized spacial score (nSPS) is 21.1. The van der Waals surface area contributed by atoms with Crippen molar-refractivity contribution in [2.45, 2.75) is 25.4 Å². The average Bonchev–Trinajstić information content (AvgIpc) is 3.13. The van der Waals surface area contributed by atoms with Crippen LogP contribution >= 0.6 is 0 Å². The summed E-state index contributed by atoms with van der Waals surface area (Å²) < 4.78 is 7.44. The van der Waals surface area contributed by atoms with Gasteiger partial charge in [-0.2, -0.15) is 0 Å². The average molecular weight is 348 g/mol. The van der Waals surface area contributed by atoms with Crippen LogP contribution in [0.5, 0.6) is 0 Å². The Kier molecular flexibility index (Phi) is 5.70. The number of hydrogen-bond acceptors (Lipinski definition) is 4. The second kappa shape index (κ2) is 8.15. The van der Waals surface area contributed by atoms with Gasteiger partial charge < -0.3 is 24.4 Å². The molecule has 1 N–H and O–H groups in total. The van der Waals surface area contributed by atoms with Gasteiger partial charge in [-0.05, 0) is 12.1 Å². The number of hydrogen-bond donors (Lipinski definition) is 1. The summed E-state index contributed by atoms with van der Waals surface area (Å²) >= 11 is 0. The number of piperazine rings is 1. The van der Waals surface area contributed by atoms with Gasteiger partial charge in [0.15, 0.2) is 0 Å². The quantitative estimate of drug-likeness (QED) is 0.774. The first kappa shape index (κ1) is 17.5. The van der Waals surface area contributed by atoms with E-state index in [0.29, 0.717) is 45.8 Å². The number of ether oxygens (including phenoxy) is 1. The molecular weight excluding hydrogens is 324 g/mol. The van der Waals surface area contributed by atoms with Gasteiger partial charge in [0.1, 0.15) is 0 Å². The van der Waals surface area contributed by atoms with Gasteiger partial charge in [-0.25, -0.2) is 0 Å². The lowest BCUT2D eigenvalue weighted by atomic mass is 10.1. The van der Waals surface area contributed by atoms with Crippen LogP contribution in [0.1, 0.15) is 12.8 Å². The lowest BCUT2D eigenvalue weighted by molar-refractivity contribution is -0.146. The molecule has 0 aliphatic carbocycles. The highest BCUT2D eigenvalue weighted by Gasteiger charge is 2.31. The second-order valence-corrected chi connectivity index (χ2v) is 6.36. The standard InChI is InChI=1S/C17H24N4O4/c22-15-12-20(8-4-18-15)17(24)11-14-13-25-10-9-21(14)16(23)3-7-19-5-1-2-6-19/h1-2,5-6,14H,3-4,7-13H2,(H,18,22)/t14-/m1/s1. The molecule has 1 aromatic rings. The molecule has 8 nitrogen and oxygen atoms in total. The van der Waals surface area contributed by atoms with E-state index in [1.54, 1.807) is 9.80 Å². The van der Waals surface area contributed by atoms with Crippen molar-refractivity contribution in [2.75, 3.05) is 39.4 Å². The van der Waals surface area contributed by atoms with Crippen LogP contribution in [-0.4, -0.2) is 77.5 Å². The minimum atomic E-state index is -0.261. The summed E-state index contributed by atoms with van der Waals surface area (Å²) in [7, 11) is 0. The van der Waals surface area contributed by atoms with E-state index < -0.39 is 0 Å². The zero-order chi connectivity index (χ0) is 17.6. The van der Waals surface area contributed by atoms with E-state index in [-0.39, 0.29) is 36.7 Å². The zero-order valence-electron chi connectivity index (χ0n) is 14.2. The number of rotatable bonds is 5. The van der Waals surface area contributed by atoms with E-state index in [1.165, 1.54) is 0 Å². The lowest BCUT2D eigenvalue weighted by Gasteiger charge is -2.37. The zero-order valence-corrected chi connectivity index (χ0v) is 14.2. The number of nitrogens with one attached hydrogen (secondary N) is 1. The number of carbonyl (C=O) groups excluding carboxylic acids is 3. The van der Waals surface area contributed by atoms with Crippen molar-refractivity contribution in [1.82, 2.24) is 19.7 Å². The minimum absolute atomic E-state index is 0.0335. The van der Waals surface area contributed by atoms with E-state index in [0.717, 1.165) is 0 Å². The summed E-state index contributed by atoms with van der Waals surface area (Å²) in [5.41, 5.74) is 0. The van der Waals surface area contributed by atoms with Crippen LogP contribution in [0, 0.1) is 0 Å². The van der Waals surface area contributed by atoms with Gasteiger partial charge in [0, 0.05) is 51.4 Å². The highest BCUT2D eigenvalue weighted by Crippen LogP contribution is 2.14. The van der Waals surface area contributed by atoms with Crippen molar-refractivity contribution in [2.24, 2.45) is 0 Å². The maximum absolute atomic E-state index is 12.6. The van der Waals surface area contributed by atoms with E-state index in [4.69, 9.17) is 4.74 Å². The predicted molar refractivity (Wildman–Crippen MR) is 89.6 cm³/mol. The van der Waals surface area contributed by atoms with Crippen LogP contribution in [0.3, 0.4) is 0 Å². The number of morpholine rings is 1. The molecule has 2 aliphatic rings. The number of aryl methyl sites for hydroxylation is 1. The van der Waals surface area contributed by atoms with Crippen molar-refractivity contribution in [3.05, 3.63) is 24.5 Å². The van der Waals surface area contributed by atoms with Crippen molar-refractivity contribution >= 4 is 17.7 Å². The molecule has 0 unspecified atom stereocenters. The Bertz CT molecular complexity index is 616. The van der Waals surface area contributed by atoms with Gasteiger partial charge in [0.25, 0.3) is 0 Å². The van der Waals surface area contributed by atoms with Crippen LogP contribution in [-0.2, 0) is 25.7 Å². The Hall–Kier alpha value is -2.35. The Morgan fingerprint density at radius 1 is 1.20 bits per heavy atom. The van der Waals surface area contributed by atoms with Gasteiger partial charge in [0.05, 0.1) is 25.8 Å². The first-order chi connectivity index (χ1) is 12.1. The van der Waals surface area contributed by atoms with Gasteiger partial charge in [-0.1, -0.05) is 0 Å². The van der Waals surface area contributed by atoms with Crippen molar-refractivity contribution in [1.29, 1.82) is 0 Å². The number of aromatic nitrogens is 1. The maximum atomic E-state index is 12.6. The fourth-order valence-electron chi connectivity index (χ4n) is 3.22. The molecule has 3 amide bonds. The van der Waals surface area contributed by atoms with Crippen LogP contribution in [0.25, 0.3) is 0 Å². The van der Waals surface area contributed by atoms with Gasteiger partial charge in [0.2, 0.25) is 17.7 Å². The molecule has 3 heterocycles. The Balaban J connectivity index is 1.55. The molecule has 1 atom stereocenters. The second-order valence-electron chi connectivity index (χ2n) is 6.36. The third-order valence-electron chi connectivity index (χ3n) is 4.60. The van der Waals surface area contributed by atoms with E-state index in [1.807, 2.05) is 29.1 Å². The molecule has 0 spiro atoms. The van der Waals surface area contributed by atoms with Gasteiger partial charge in [-0.15, -0.1) is 0 Å². The van der Waals surface area contributed by atoms with Crippen LogP contribution in [0.2, 0.25) is 0 Å². The molecule has 136 valence electrons. The lowest BCUT2D eigenvalue weighted by Crippen LogP contribution is -2.54. The molecule has 0 aromatic carbocycles. The molecule has 0 bridgehead atoms. The summed E-state index contributed by atoms with van der Waals surface area (Å²) in [4.78, 5) is 39.8. The van der Waals surface area contributed by atoms with Crippen molar-refractivity contribution in [3.63, 3.8) is 0 Å². The fraction of sp³-hybridized carbons (Fsp3) is 0.588. The summed E-state index contributed by atoms with van der Waals surface area (Å²) in [5, 5.41) is 2.70. The Morgan fingerprint density at radius 3 is 2.76 bits per heavy atom. The van der Waals surface area contributed by atoms with Gasteiger partial charge in [-0.3, -0.25) is 14.4 Å². The summed E-state index contributed by atoms with van der Waals surface area (Å²) in [6, 6.07) is 3.59. The van der Waals surface area contributed by atoms with E-state index in [9.17, 15) is 14.4 Å². The molecular formula is C17H24N4O4. The van der Waals surface area contributed by atoms with Crippen LogP contribution < -0.4 is 5.32 Å². The SMILES string of the molecule is O=C1CN(C(=O)C[C@@H]2COCCN2C(=O)CCn2cccc2)CCN1. The molecule has 2 fully saturated rings.